The molecule has 0 spiro atoms. The van der Waals surface area contributed by atoms with Gasteiger partial charge in [-0.2, -0.15) is 0 Å². The summed E-state index contributed by atoms with van der Waals surface area (Å²) < 4.78 is 5.38. The quantitative estimate of drug-likeness (QED) is 0.699. The van der Waals surface area contributed by atoms with Gasteiger partial charge in [0.05, 0.1) is 6.04 Å². The Morgan fingerprint density at radius 3 is 2.75 bits per heavy atom. The van der Waals surface area contributed by atoms with E-state index in [1.165, 1.54) is 0 Å². The topological polar surface area (TPSA) is 39.2 Å². The molecule has 1 aromatic heterocycles. The standard InChI is InChI=1S/C10H15NO/c1-7(2)6-9(11)10-5-4-8(3)12-10/h4-5,9H,1,6,11H2,2-3H3/t9-/m1/s1. The first-order chi connectivity index (χ1) is 5.59. The first kappa shape index (κ1) is 9.07. The Kier molecular flexibility index (Phi) is 2.71. The van der Waals surface area contributed by atoms with Crippen molar-refractivity contribution in [2.75, 3.05) is 0 Å². The SMILES string of the molecule is C=C(C)C[C@@H](N)c1ccc(C)o1. The summed E-state index contributed by atoms with van der Waals surface area (Å²) in [5, 5.41) is 0. The second-order valence-corrected chi connectivity index (χ2v) is 3.22. The highest BCUT2D eigenvalue weighted by molar-refractivity contribution is 5.11. The molecule has 0 amide bonds. The molecule has 2 heteroatoms. The average molecular weight is 165 g/mol. The summed E-state index contributed by atoms with van der Waals surface area (Å²) in [7, 11) is 0. The summed E-state index contributed by atoms with van der Waals surface area (Å²) in [5.74, 6) is 1.75. The van der Waals surface area contributed by atoms with E-state index in [0.717, 1.165) is 23.5 Å². The molecule has 0 radical (unpaired) electrons. The zero-order valence-electron chi connectivity index (χ0n) is 7.63. The van der Waals surface area contributed by atoms with Gasteiger partial charge >= 0.3 is 0 Å². The fourth-order valence-electron chi connectivity index (χ4n) is 1.13. The van der Waals surface area contributed by atoms with Crippen molar-refractivity contribution in [1.82, 2.24) is 0 Å². The molecule has 1 heterocycles. The fraction of sp³-hybridized carbons (Fsp3) is 0.400. The van der Waals surface area contributed by atoms with Gasteiger partial charge in [-0.15, -0.1) is 6.58 Å². The van der Waals surface area contributed by atoms with Gasteiger partial charge in [-0.1, -0.05) is 5.57 Å². The summed E-state index contributed by atoms with van der Waals surface area (Å²) >= 11 is 0. The summed E-state index contributed by atoms with van der Waals surface area (Å²) in [6.45, 7) is 7.69. The van der Waals surface area contributed by atoms with E-state index >= 15 is 0 Å². The van der Waals surface area contributed by atoms with Crippen LogP contribution in [0.1, 0.15) is 30.9 Å². The molecule has 0 saturated heterocycles. The molecule has 0 aromatic carbocycles. The van der Waals surface area contributed by atoms with Crippen molar-refractivity contribution >= 4 is 0 Å². The highest BCUT2D eigenvalue weighted by Gasteiger charge is 2.09. The number of furan rings is 1. The summed E-state index contributed by atoms with van der Waals surface area (Å²) in [6, 6.07) is 3.80. The van der Waals surface area contributed by atoms with Crippen molar-refractivity contribution < 1.29 is 4.42 Å². The van der Waals surface area contributed by atoms with E-state index < -0.39 is 0 Å². The van der Waals surface area contributed by atoms with E-state index in [2.05, 4.69) is 6.58 Å². The largest absolute Gasteiger partial charge is 0.465 e. The van der Waals surface area contributed by atoms with Crippen LogP contribution in [0.25, 0.3) is 0 Å². The van der Waals surface area contributed by atoms with E-state index in [1.807, 2.05) is 26.0 Å². The van der Waals surface area contributed by atoms with Crippen LogP contribution in [-0.4, -0.2) is 0 Å². The van der Waals surface area contributed by atoms with Gasteiger partial charge in [-0.05, 0) is 32.4 Å². The van der Waals surface area contributed by atoms with E-state index in [0.29, 0.717) is 0 Å². The lowest BCUT2D eigenvalue weighted by Gasteiger charge is -2.07. The Hall–Kier alpha value is -1.02. The lowest BCUT2D eigenvalue weighted by molar-refractivity contribution is 0.444. The number of hydrogen-bond acceptors (Lipinski definition) is 2. The predicted molar refractivity (Wildman–Crippen MR) is 49.8 cm³/mol. The molecule has 12 heavy (non-hydrogen) atoms. The smallest absolute Gasteiger partial charge is 0.121 e. The van der Waals surface area contributed by atoms with Gasteiger partial charge in [0.1, 0.15) is 11.5 Å². The normalized spacial score (nSPS) is 12.9. The summed E-state index contributed by atoms with van der Waals surface area (Å²) in [6.07, 6.45) is 0.785. The first-order valence-corrected chi connectivity index (χ1v) is 4.06. The molecule has 1 atom stereocenters. The Labute approximate surface area is 73.1 Å². The molecule has 0 bridgehead atoms. The molecule has 2 nitrogen and oxygen atoms in total. The zero-order chi connectivity index (χ0) is 9.14. The van der Waals surface area contributed by atoms with Gasteiger partial charge in [0.2, 0.25) is 0 Å². The van der Waals surface area contributed by atoms with Crippen molar-refractivity contribution in [3.05, 3.63) is 35.8 Å². The molecule has 0 aliphatic rings. The fourth-order valence-corrected chi connectivity index (χ4v) is 1.13. The van der Waals surface area contributed by atoms with Crippen LogP contribution in [-0.2, 0) is 0 Å². The third-order valence-electron chi connectivity index (χ3n) is 1.69. The Bertz CT molecular complexity index is 275. The maximum absolute atomic E-state index is 5.85. The van der Waals surface area contributed by atoms with Crippen molar-refractivity contribution in [3.63, 3.8) is 0 Å². The van der Waals surface area contributed by atoms with E-state index in [1.54, 1.807) is 0 Å². The molecule has 1 aromatic rings. The minimum atomic E-state index is -0.0452. The first-order valence-electron chi connectivity index (χ1n) is 4.06. The number of rotatable bonds is 3. The third kappa shape index (κ3) is 2.24. The molecule has 0 unspecified atom stereocenters. The number of nitrogens with two attached hydrogens (primary N) is 1. The number of aryl methyl sites for hydroxylation is 1. The van der Waals surface area contributed by atoms with Gasteiger partial charge < -0.3 is 10.2 Å². The van der Waals surface area contributed by atoms with Gasteiger partial charge in [0.15, 0.2) is 0 Å². The van der Waals surface area contributed by atoms with Crippen molar-refractivity contribution in [2.24, 2.45) is 5.73 Å². The summed E-state index contributed by atoms with van der Waals surface area (Å²) in [5.41, 5.74) is 6.93. The van der Waals surface area contributed by atoms with Crippen LogP contribution >= 0.6 is 0 Å². The van der Waals surface area contributed by atoms with Gasteiger partial charge in [0, 0.05) is 0 Å². The molecule has 0 saturated carbocycles. The molecule has 0 aliphatic carbocycles. The monoisotopic (exact) mass is 165 g/mol. The van der Waals surface area contributed by atoms with Gasteiger partial charge in [0.25, 0.3) is 0 Å². The maximum atomic E-state index is 5.85. The van der Waals surface area contributed by atoms with Crippen molar-refractivity contribution in [1.29, 1.82) is 0 Å². The summed E-state index contributed by atoms with van der Waals surface area (Å²) in [4.78, 5) is 0. The molecule has 0 fully saturated rings. The van der Waals surface area contributed by atoms with Crippen LogP contribution in [0.15, 0.2) is 28.7 Å². The Morgan fingerprint density at radius 2 is 2.33 bits per heavy atom. The van der Waals surface area contributed by atoms with Crippen LogP contribution < -0.4 is 5.73 Å². The van der Waals surface area contributed by atoms with Crippen LogP contribution in [0.2, 0.25) is 0 Å². The van der Waals surface area contributed by atoms with E-state index in [9.17, 15) is 0 Å². The Balaban J connectivity index is 2.64. The van der Waals surface area contributed by atoms with E-state index in [-0.39, 0.29) is 6.04 Å². The molecular weight excluding hydrogens is 150 g/mol. The minimum Gasteiger partial charge on any atom is -0.465 e. The van der Waals surface area contributed by atoms with Crippen LogP contribution in [0.4, 0.5) is 0 Å². The van der Waals surface area contributed by atoms with E-state index in [4.69, 9.17) is 10.2 Å². The zero-order valence-corrected chi connectivity index (χ0v) is 7.63. The maximum Gasteiger partial charge on any atom is 0.121 e. The van der Waals surface area contributed by atoms with Crippen molar-refractivity contribution in [2.45, 2.75) is 26.3 Å². The predicted octanol–water partition coefficient (Wildman–Crippen LogP) is 2.55. The molecule has 2 N–H and O–H groups in total. The second kappa shape index (κ2) is 3.59. The Morgan fingerprint density at radius 1 is 1.67 bits per heavy atom. The van der Waals surface area contributed by atoms with Crippen LogP contribution in [0, 0.1) is 6.92 Å². The lowest BCUT2D eigenvalue weighted by Crippen LogP contribution is -2.09. The highest BCUT2D eigenvalue weighted by Crippen LogP contribution is 2.19. The van der Waals surface area contributed by atoms with Gasteiger partial charge in [-0.3, -0.25) is 0 Å². The lowest BCUT2D eigenvalue weighted by atomic mass is 10.1. The molecule has 0 aliphatic heterocycles. The second-order valence-electron chi connectivity index (χ2n) is 3.22. The average Bonchev–Trinajstić information content (AvgIpc) is 2.34. The third-order valence-corrected chi connectivity index (χ3v) is 1.69. The van der Waals surface area contributed by atoms with Crippen LogP contribution in [0.3, 0.4) is 0 Å². The number of hydrogen-bond donors (Lipinski definition) is 1. The molecule has 1 rings (SSSR count). The minimum absolute atomic E-state index is 0.0452. The van der Waals surface area contributed by atoms with Crippen molar-refractivity contribution in [3.8, 4) is 0 Å². The van der Waals surface area contributed by atoms with Gasteiger partial charge in [-0.25, -0.2) is 0 Å². The molecule has 66 valence electrons. The van der Waals surface area contributed by atoms with Crippen LogP contribution in [0.5, 0.6) is 0 Å². The highest BCUT2D eigenvalue weighted by atomic mass is 16.3. The molecular formula is C10H15NO.